The van der Waals surface area contributed by atoms with Gasteiger partial charge in [-0.15, -0.1) is 0 Å². The van der Waals surface area contributed by atoms with E-state index in [0.29, 0.717) is 13.0 Å². The molecule has 17 heavy (non-hydrogen) atoms. The van der Waals surface area contributed by atoms with Crippen molar-refractivity contribution >= 4 is 12.0 Å². The molecule has 98 valence electrons. The molecule has 0 bridgehead atoms. The lowest BCUT2D eigenvalue weighted by atomic mass is 10.1. The number of carbonyl (C=O) groups excluding carboxylic acids is 1. The second-order valence-corrected chi connectivity index (χ2v) is 5.07. The number of aliphatic hydroxyl groups is 1. The Kier molecular flexibility index (Phi) is 3.98. The number of hydrogen-bond acceptors (Lipinski definition) is 3. The summed E-state index contributed by atoms with van der Waals surface area (Å²) in [6, 6.07) is -0.496. The molecule has 0 aromatic rings. The van der Waals surface area contributed by atoms with Crippen LogP contribution in [0.5, 0.6) is 0 Å². The van der Waals surface area contributed by atoms with Crippen molar-refractivity contribution in [3.05, 3.63) is 0 Å². The molecule has 1 heterocycles. The molecule has 1 aliphatic rings. The van der Waals surface area contributed by atoms with E-state index in [-0.39, 0.29) is 25.2 Å². The first kappa shape index (κ1) is 13.8. The fourth-order valence-corrected chi connectivity index (χ4v) is 1.91. The van der Waals surface area contributed by atoms with Gasteiger partial charge in [-0.2, -0.15) is 0 Å². The number of aliphatic carboxylic acids is 1. The van der Waals surface area contributed by atoms with Gasteiger partial charge in [0, 0.05) is 12.6 Å². The SMILES string of the molecule is CC(C)N(CC(=O)O)C(=O)N1CCC(C)(O)C1. The highest BCUT2D eigenvalue weighted by atomic mass is 16.4. The molecule has 0 aromatic heterocycles. The Balaban J connectivity index is 2.69. The van der Waals surface area contributed by atoms with Gasteiger partial charge in [0.1, 0.15) is 6.54 Å². The highest BCUT2D eigenvalue weighted by molar-refractivity contribution is 5.80. The van der Waals surface area contributed by atoms with Crippen LogP contribution in [0.2, 0.25) is 0 Å². The van der Waals surface area contributed by atoms with Crippen LogP contribution in [0.3, 0.4) is 0 Å². The fraction of sp³-hybridized carbons (Fsp3) is 0.818. The summed E-state index contributed by atoms with van der Waals surface area (Å²) in [6.07, 6.45) is 0.526. The second kappa shape index (κ2) is 4.91. The van der Waals surface area contributed by atoms with Crippen LogP contribution < -0.4 is 0 Å². The minimum atomic E-state index is -1.03. The summed E-state index contributed by atoms with van der Waals surface area (Å²) in [4.78, 5) is 25.6. The topological polar surface area (TPSA) is 81.1 Å². The largest absolute Gasteiger partial charge is 0.480 e. The van der Waals surface area contributed by atoms with Gasteiger partial charge in [0.15, 0.2) is 0 Å². The number of nitrogens with zero attached hydrogens (tertiary/aromatic N) is 2. The van der Waals surface area contributed by atoms with Crippen LogP contribution in [0, 0.1) is 0 Å². The number of likely N-dealkylation sites (tertiary alicyclic amines) is 1. The number of hydrogen-bond donors (Lipinski definition) is 2. The van der Waals surface area contributed by atoms with Crippen LogP contribution in [0.25, 0.3) is 0 Å². The summed E-state index contributed by atoms with van der Waals surface area (Å²) in [5, 5.41) is 18.6. The normalized spacial score (nSPS) is 24.2. The van der Waals surface area contributed by atoms with E-state index in [0.717, 1.165) is 0 Å². The minimum absolute atomic E-state index is 0.177. The molecule has 0 aromatic carbocycles. The van der Waals surface area contributed by atoms with Gasteiger partial charge in [-0.3, -0.25) is 4.79 Å². The molecule has 1 saturated heterocycles. The van der Waals surface area contributed by atoms with Crippen molar-refractivity contribution in [3.8, 4) is 0 Å². The van der Waals surface area contributed by atoms with Gasteiger partial charge in [0.25, 0.3) is 0 Å². The van der Waals surface area contributed by atoms with Gasteiger partial charge in [-0.1, -0.05) is 0 Å². The smallest absolute Gasteiger partial charge is 0.323 e. The monoisotopic (exact) mass is 244 g/mol. The Hall–Kier alpha value is -1.30. The van der Waals surface area contributed by atoms with Crippen molar-refractivity contribution in [2.75, 3.05) is 19.6 Å². The van der Waals surface area contributed by atoms with Crippen molar-refractivity contribution in [1.29, 1.82) is 0 Å². The quantitative estimate of drug-likeness (QED) is 0.751. The van der Waals surface area contributed by atoms with E-state index in [1.165, 1.54) is 9.80 Å². The molecule has 1 unspecified atom stereocenters. The first-order valence-corrected chi connectivity index (χ1v) is 5.72. The Bertz CT molecular complexity index is 315. The number of carboxylic acid groups (broad SMARTS) is 1. The Morgan fingerprint density at radius 3 is 2.41 bits per heavy atom. The number of amides is 2. The first-order valence-electron chi connectivity index (χ1n) is 5.72. The van der Waals surface area contributed by atoms with Crippen LogP contribution in [0.1, 0.15) is 27.2 Å². The summed E-state index contributed by atoms with van der Waals surface area (Å²) < 4.78 is 0. The van der Waals surface area contributed by atoms with E-state index in [1.807, 2.05) is 0 Å². The zero-order valence-electron chi connectivity index (χ0n) is 10.5. The number of β-amino-alcohol motifs (C(OH)–C–C–N with tert-alkyl or cyclic N) is 1. The van der Waals surface area contributed by atoms with Gasteiger partial charge < -0.3 is 20.0 Å². The zero-order valence-corrected chi connectivity index (χ0v) is 10.5. The predicted molar refractivity (Wildman–Crippen MR) is 61.7 cm³/mol. The third-order valence-electron chi connectivity index (χ3n) is 2.90. The van der Waals surface area contributed by atoms with E-state index in [1.54, 1.807) is 20.8 Å². The van der Waals surface area contributed by atoms with E-state index in [4.69, 9.17) is 5.11 Å². The maximum absolute atomic E-state index is 12.1. The molecular formula is C11H20N2O4. The molecule has 2 N–H and O–H groups in total. The summed E-state index contributed by atoms with van der Waals surface area (Å²) >= 11 is 0. The number of urea groups is 1. The molecule has 1 rings (SSSR count). The predicted octanol–water partition coefficient (Wildman–Crippen LogP) is 0.358. The Labute approximate surface area is 101 Å². The third kappa shape index (κ3) is 3.59. The molecule has 0 aliphatic carbocycles. The van der Waals surface area contributed by atoms with E-state index < -0.39 is 11.6 Å². The minimum Gasteiger partial charge on any atom is -0.480 e. The molecule has 6 nitrogen and oxygen atoms in total. The lowest BCUT2D eigenvalue weighted by molar-refractivity contribution is -0.138. The summed E-state index contributed by atoms with van der Waals surface area (Å²) in [6.45, 7) is 5.64. The van der Waals surface area contributed by atoms with Crippen LogP contribution >= 0.6 is 0 Å². The van der Waals surface area contributed by atoms with Crippen LogP contribution in [-0.4, -0.2) is 63.3 Å². The zero-order chi connectivity index (χ0) is 13.2. The molecule has 6 heteroatoms. The van der Waals surface area contributed by atoms with Crippen molar-refractivity contribution in [2.24, 2.45) is 0 Å². The van der Waals surface area contributed by atoms with Gasteiger partial charge in [-0.25, -0.2) is 4.79 Å². The molecule has 2 amide bonds. The van der Waals surface area contributed by atoms with Gasteiger partial charge in [-0.05, 0) is 27.2 Å². The van der Waals surface area contributed by atoms with Crippen molar-refractivity contribution in [1.82, 2.24) is 9.80 Å². The first-order chi connectivity index (χ1) is 7.73. The van der Waals surface area contributed by atoms with Gasteiger partial charge >= 0.3 is 12.0 Å². The summed E-state index contributed by atoms with van der Waals surface area (Å²) in [5.41, 5.74) is -0.860. The van der Waals surface area contributed by atoms with Crippen molar-refractivity contribution in [2.45, 2.75) is 38.8 Å². The maximum Gasteiger partial charge on any atom is 0.323 e. The molecule has 1 atom stereocenters. The highest BCUT2D eigenvalue weighted by Crippen LogP contribution is 2.21. The van der Waals surface area contributed by atoms with Crippen LogP contribution in [-0.2, 0) is 4.79 Å². The molecule has 0 saturated carbocycles. The second-order valence-electron chi connectivity index (χ2n) is 5.07. The summed E-state index contributed by atoms with van der Waals surface area (Å²) in [7, 11) is 0. The molecular weight excluding hydrogens is 224 g/mol. The standard InChI is InChI=1S/C11H20N2O4/c1-8(2)13(6-9(14)15)10(16)12-5-4-11(3,17)7-12/h8,17H,4-7H2,1-3H3,(H,14,15). The number of rotatable bonds is 3. The number of carbonyl (C=O) groups is 2. The molecule has 0 spiro atoms. The van der Waals surface area contributed by atoms with Crippen molar-refractivity contribution < 1.29 is 19.8 Å². The van der Waals surface area contributed by atoms with Crippen molar-refractivity contribution in [3.63, 3.8) is 0 Å². The molecule has 1 aliphatic heterocycles. The Morgan fingerprint density at radius 2 is 2.06 bits per heavy atom. The highest BCUT2D eigenvalue weighted by Gasteiger charge is 2.36. The fourth-order valence-electron chi connectivity index (χ4n) is 1.91. The van der Waals surface area contributed by atoms with E-state index >= 15 is 0 Å². The van der Waals surface area contributed by atoms with Crippen LogP contribution in [0.15, 0.2) is 0 Å². The van der Waals surface area contributed by atoms with Gasteiger partial charge in [0.05, 0.1) is 12.1 Å². The summed E-state index contributed by atoms with van der Waals surface area (Å²) in [5.74, 6) is -1.03. The van der Waals surface area contributed by atoms with E-state index in [2.05, 4.69) is 0 Å². The lowest BCUT2D eigenvalue weighted by Crippen LogP contribution is -2.48. The molecule has 0 radical (unpaired) electrons. The average Bonchev–Trinajstić information content (AvgIpc) is 2.53. The lowest BCUT2D eigenvalue weighted by Gasteiger charge is -2.30. The molecule has 1 fully saturated rings. The van der Waals surface area contributed by atoms with E-state index in [9.17, 15) is 14.7 Å². The number of carboxylic acids is 1. The third-order valence-corrected chi connectivity index (χ3v) is 2.90. The Morgan fingerprint density at radius 1 is 1.47 bits per heavy atom. The van der Waals surface area contributed by atoms with Gasteiger partial charge in [0.2, 0.25) is 0 Å². The average molecular weight is 244 g/mol. The van der Waals surface area contributed by atoms with Crippen LogP contribution in [0.4, 0.5) is 4.79 Å². The maximum atomic E-state index is 12.1.